The van der Waals surface area contributed by atoms with Crippen molar-refractivity contribution < 1.29 is 27.9 Å². The molecule has 1 aromatic carbocycles. The van der Waals surface area contributed by atoms with Crippen LogP contribution in [0.5, 0.6) is 0 Å². The SMILES string of the molecule is CC(=O)N1[C@H](C(=O)OCC(=O)Nc2ccc(F)cc2)CS[C@H]1c1ccco1. The first-order valence-electron chi connectivity index (χ1n) is 8.11. The lowest BCUT2D eigenvalue weighted by Crippen LogP contribution is -2.43. The van der Waals surface area contributed by atoms with Crippen molar-refractivity contribution in [2.45, 2.75) is 18.3 Å². The molecule has 27 heavy (non-hydrogen) atoms. The molecule has 2 heterocycles. The zero-order valence-corrected chi connectivity index (χ0v) is 15.2. The number of halogens is 1. The Labute approximate surface area is 158 Å². The van der Waals surface area contributed by atoms with Crippen molar-refractivity contribution in [3.05, 3.63) is 54.2 Å². The molecule has 142 valence electrons. The number of amides is 2. The van der Waals surface area contributed by atoms with Crippen LogP contribution in [0.2, 0.25) is 0 Å². The van der Waals surface area contributed by atoms with Crippen molar-refractivity contribution in [1.82, 2.24) is 4.90 Å². The first-order chi connectivity index (χ1) is 13.0. The van der Waals surface area contributed by atoms with E-state index in [0.717, 1.165) is 0 Å². The number of nitrogens with one attached hydrogen (secondary N) is 1. The lowest BCUT2D eigenvalue weighted by Gasteiger charge is -2.25. The number of thioether (sulfide) groups is 1. The molecule has 0 saturated carbocycles. The molecule has 1 fully saturated rings. The van der Waals surface area contributed by atoms with Crippen LogP contribution in [0.1, 0.15) is 18.1 Å². The summed E-state index contributed by atoms with van der Waals surface area (Å²) in [5, 5.41) is 2.08. The summed E-state index contributed by atoms with van der Waals surface area (Å²) in [7, 11) is 0. The van der Waals surface area contributed by atoms with E-state index in [-0.39, 0.29) is 5.91 Å². The Morgan fingerprint density at radius 3 is 2.67 bits per heavy atom. The number of nitrogens with zero attached hydrogens (tertiary/aromatic N) is 1. The summed E-state index contributed by atoms with van der Waals surface area (Å²) in [4.78, 5) is 37.7. The monoisotopic (exact) mass is 392 g/mol. The molecule has 2 atom stereocenters. The fourth-order valence-corrected chi connectivity index (χ4v) is 4.10. The minimum Gasteiger partial charge on any atom is -0.466 e. The number of furan rings is 1. The quantitative estimate of drug-likeness (QED) is 0.787. The van der Waals surface area contributed by atoms with Crippen LogP contribution in [0.4, 0.5) is 10.1 Å². The average molecular weight is 392 g/mol. The van der Waals surface area contributed by atoms with Gasteiger partial charge in [0, 0.05) is 18.4 Å². The molecule has 1 saturated heterocycles. The zero-order valence-electron chi connectivity index (χ0n) is 14.4. The third-order valence-corrected chi connectivity index (χ3v) is 5.18. The summed E-state index contributed by atoms with van der Waals surface area (Å²) < 4.78 is 23.3. The van der Waals surface area contributed by atoms with Gasteiger partial charge in [0.25, 0.3) is 5.91 Å². The van der Waals surface area contributed by atoms with Crippen LogP contribution in [-0.4, -0.2) is 41.1 Å². The van der Waals surface area contributed by atoms with Crippen LogP contribution < -0.4 is 5.32 Å². The Balaban J connectivity index is 1.57. The van der Waals surface area contributed by atoms with Crippen molar-refractivity contribution in [2.24, 2.45) is 0 Å². The van der Waals surface area contributed by atoms with Gasteiger partial charge in [-0.1, -0.05) is 0 Å². The first-order valence-corrected chi connectivity index (χ1v) is 9.16. The fraction of sp³-hybridized carbons (Fsp3) is 0.278. The Kier molecular flexibility index (Phi) is 5.80. The Morgan fingerprint density at radius 1 is 1.30 bits per heavy atom. The van der Waals surface area contributed by atoms with Gasteiger partial charge in [-0.05, 0) is 36.4 Å². The lowest BCUT2D eigenvalue weighted by molar-refractivity contribution is -0.155. The molecule has 1 aromatic heterocycles. The molecule has 3 rings (SSSR count). The van der Waals surface area contributed by atoms with Gasteiger partial charge in [0.05, 0.1) is 6.26 Å². The van der Waals surface area contributed by atoms with E-state index in [4.69, 9.17) is 9.15 Å². The highest BCUT2D eigenvalue weighted by atomic mass is 32.2. The van der Waals surface area contributed by atoms with Crippen LogP contribution in [0.3, 0.4) is 0 Å². The third kappa shape index (κ3) is 4.48. The predicted octanol–water partition coefficient (Wildman–Crippen LogP) is 2.56. The summed E-state index contributed by atoms with van der Waals surface area (Å²) in [6.07, 6.45) is 1.50. The van der Waals surface area contributed by atoms with E-state index in [1.807, 2.05) is 0 Å². The number of carbonyl (C=O) groups is 3. The van der Waals surface area contributed by atoms with Gasteiger partial charge >= 0.3 is 5.97 Å². The molecule has 0 spiro atoms. The van der Waals surface area contributed by atoms with Crippen LogP contribution in [-0.2, 0) is 19.1 Å². The number of hydrogen-bond donors (Lipinski definition) is 1. The van der Waals surface area contributed by atoms with Gasteiger partial charge in [-0.25, -0.2) is 9.18 Å². The van der Waals surface area contributed by atoms with Crippen molar-refractivity contribution in [3.63, 3.8) is 0 Å². The van der Waals surface area contributed by atoms with Gasteiger partial charge in [-0.3, -0.25) is 9.59 Å². The smallest absolute Gasteiger partial charge is 0.330 e. The number of rotatable bonds is 5. The molecule has 2 amide bonds. The Bertz CT molecular complexity index is 825. The number of esters is 1. The summed E-state index contributed by atoms with van der Waals surface area (Å²) in [6.45, 7) is 0.859. The number of benzene rings is 1. The Morgan fingerprint density at radius 2 is 2.04 bits per heavy atom. The molecule has 0 radical (unpaired) electrons. The molecule has 9 heteroatoms. The predicted molar refractivity (Wildman–Crippen MR) is 96.2 cm³/mol. The lowest BCUT2D eigenvalue weighted by atomic mass is 10.2. The number of ether oxygens (including phenoxy) is 1. The van der Waals surface area contributed by atoms with Crippen LogP contribution in [0.15, 0.2) is 47.1 Å². The van der Waals surface area contributed by atoms with Crippen LogP contribution >= 0.6 is 11.8 Å². The van der Waals surface area contributed by atoms with Crippen molar-refractivity contribution in [3.8, 4) is 0 Å². The van der Waals surface area contributed by atoms with E-state index in [2.05, 4.69) is 5.32 Å². The third-order valence-electron chi connectivity index (χ3n) is 3.90. The van der Waals surface area contributed by atoms with Gasteiger partial charge in [0.2, 0.25) is 5.91 Å². The molecular weight excluding hydrogens is 375 g/mol. The molecule has 0 unspecified atom stereocenters. The number of carbonyl (C=O) groups excluding carboxylic acids is 3. The van der Waals surface area contributed by atoms with E-state index in [0.29, 0.717) is 17.2 Å². The molecule has 1 aliphatic heterocycles. The van der Waals surface area contributed by atoms with Gasteiger partial charge in [0.1, 0.15) is 23.0 Å². The average Bonchev–Trinajstić information content (AvgIpc) is 3.30. The van der Waals surface area contributed by atoms with E-state index in [1.165, 1.54) is 54.1 Å². The highest BCUT2D eigenvalue weighted by molar-refractivity contribution is 7.99. The summed E-state index contributed by atoms with van der Waals surface area (Å²) in [5.41, 5.74) is 0.386. The van der Waals surface area contributed by atoms with E-state index >= 15 is 0 Å². The zero-order chi connectivity index (χ0) is 19.4. The summed E-state index contributed by atoms with van der Waals surface area (Å²) >= 11 is 1.39. The second kappa shape index (κ2) is 8.26. The largest absolute Gasteiger partial charge is 0.466 e. The normalized spacial score (nSPS) is 19.0. The van der Waals surface area contributed by atoms with Gasteiger partial charge in [-0.2, -0.15) is 0 Å². The van der Waals surface area contributed by atoms with Crippen molar-refractivity contribution in [2.75, 3.05) is 17.7 Å². The first kappa shape index (κ1) is 19.0. The van der Waals surface area contributed by atoms with E-state index in [1.54, 1.807) is 12.1 Å². The molecule has 7 nitrogen and oxygen atoms in total. The highest BCUT2D eigenvalue weighted by Crippen LogP contribution is 2.41. The van der Waals surface area contributed by atoms with Gasteiger partial charge in [-0.15, -0.1) is 11.8 Å². The minimum atomic E-state index is -0.804. The second-order valence-corrected chi connectivity index (χ2v) is 6.92. The van der Waals surface area contributed by atoms with Gasteiger partial charge in [0.15, 0.2) is 6.61 Å². The highest BCUT2D eigenvalue weighted by Gasteiger charge is 2.43. The summed E-state index contributed by atoms with van der Waals surface area (Å²) in [5.74, 6) is -1.03. The van der Waals surface area contributed by atoms with Gasteiger partial charge < -0.3 is 19.4 Å². The van der Waals surface area contributed by atoms with E-state index in [9.17, 15) is 18.8 Å². The molecule has 2 aromatic rings. The second-order valence-electron chi connectivity index (χ2n) is 5.81. The maximum absolute atomic E-state index is 12.9. The van der Waals surface area contributed by atoms with Crippen LogP contribution in [0.25, 0.3) is 0 Å². The minimum absolute atomic E-state index is 0.292. The topological polar surface area (TPSA) is 88.8 Å². The maximum Gasteiger partial charge on any atom is 0.330 e. The molecular formula is C18H17FN2O5S. The molecule has 1 N–H and O–H groups in total. The standard InChI is InChI=1S/C18H17FN2O5S/c1-11(22)21-14(10-27-17(21)15-3-2-8-25-15)18(24)26-9-16(23)20-13-6-4-12(19)5-7-13/h2-8,14,17H,9-10H2,1H3,(H,20,23)/t14-,17-/m0/s1. The molecule has 0 bridgehead atoms. The summed E-state index contributed by atoms with van der Waals surface area (Å²) in [6, 6.07) is 7.84. The van der Waals surface area contributed by atoms with Crippen LogP contribution in [0, 0.1) is 5.82 Å². The van der Waals surface area contributed by atoms with Crippen molar-refractivity contribution in [1.29, 1.82) is 0 Å². The van der Waals surface area contributed by atoms with E-state index < -0.39 is 35.7 Å². The number of hydrogen-bond acceptors (Lipinski definition) is 6. The maximum atomic E-state index is 12.9. The molecule has 1 aliphatic rings. The molecule has 0 aliphatic carbocycles. The fourth-order valence-electron chi connectivity index (χ4n) is 2.69. The Hall–Kier alpha value is -2.81. The number of anilines is 1. The van der Waals surface area contributed by atoms with Crippen molar-refractivity contribution >= 4 is 35.2 Å².